The lowest BCUT2D eigenvalue weighted by Gasteiger charge is -2.09. The molecule has 0 unspecified atom stereocenters. The Bertz CT molecular complexity index is 543. The molecule has 0 aromatic heterocycles. The molecule has 18 heavy (non-hydrogen) atoms. The highest BCUT2D eigenvalue weighted by molar-refractivity contribution is 5.27. The van der Waals surface area contributed by atoms with Gasteiger partial charge in [-0.15, -0.1) is 0 Å². The standard InChI is InChI=1S/C14H13F2NO/c15-12-6-5-10(8-17)7-11(12)9-18-14-4-2-1-3-13(14)16/h1-7H,8-9,17H2. The summed E-state index contributed by atoms with van der Waals surface area (Å²) in [6.07, 6.45) is 0. The molecule has 0 heterocycles. The van der Waals surface area contributed by atoms with Crippen LogP contribution in [-0.2, 0) is 13.2 Å². The molecule has 0 radical (unpaired) electrons. The number of halogens is 2. The monoisotopic (exact) mass is 249 g/mol. The van der Waals surface area contributed by atoms with Crippen LogP contribution in [0.5, 0.6) is 5.75 Å². The second-order valence-corrected chi connectivity index (χ2v) is 3.85. The van der Waals surface area contributed by atoms with E-state index in [2.05, 4.69) is 0 Å². The van der Waals surface area contributed by atoms with Crippen LogP contribution in [0, 0.1) is 11.6 Å². The third-order valence-electron chi connectivity index (χ3n) is 2.57. The number of hydrogen-bond acceptors (Lipinski definition) is 2. The lowest BCUT2D eigenvalue weighted by molar-refractivity contribution is 0.284. The van der Waals surface area contributed by atoms with Gasteiger partial charge in [0, 0.05) is 12.1 Å². The molecule has 94 valence electrons. The Morgan fingerprint density at radius 2 is 1.78 bits per heavy atom. The largest absolute Gasteiger partial charge is 0.486 e. The van der Waals surface area contributed by atoms with Crippen molar-refractivity contribution in [2.75, 3.05) is 0 Å². The van der Waals surface area contributed by atoms with Crippen molar-refractivity contribution in [3.05, 3.63) is 65.2 Å². The summed E-state index contributed by atoms with van der Waals surface area (Å²) in [5.74, 6) is -0.744. The van der Waals surface area contributed by atoms with Crippen LogP contribution in [0.4, 0.5) is 8.78 Å². The van der Waals surface area contributed by atoms with Gasteiger partial charge >= 0.3 is 0 Å². The van der Waals surface area contributed by atoms with Crippen molar-refractivity contribution in [3.8, 4) is 5.75 Å². The van der Waals surface area contributed by atoms with Crippen LogP contribution in [-0.4, -0.2) is 0 Å². The highest BCUT2D eigenvalue weighted by Crippen LogP contribution is 2.18. The molecule has 2 rings (SSSR count). The summed E-state index contributed by atoms with van der Waals surface area (Å²) < 4.78 is 32.0. The minimum absolute atomic E-state index is 0.0272. The zero-order valence-electron chi connectivity index (χ0n) is 9.70. The Hall–Kier alpha value is -1.94. The normalized spacial score (nSPS) is 10.4. The molecule has 2 N–H and O–H groups in total. The van der Waals surface area contributed by atoms with Crippen molar-refractivity contribution < 1.29 is 13.5 Å². The smallest absolute Gasteiger partial charge is 0.165 e. The van der Waals surface area contributed by atoms with Crippen LogP contribution in [0.25, 0.3) is 0 Å². The fourth-order valence-corrected chi connectivity index (χ4v) is 1.58. The van der Waals surface area contributed by atoms with Gasteiger partial charge in [0.25, 0.3) is 0 Å². The Morgan fingerprint density at radius 1 is 1.00 bits per heavy atom. The maximum absolute atomic E-state index is 13.5. The van der Waals surface area contributed by atoms with Crippen molar-refractivity contribution in [2.24, 2.45) is 5.73 Å². The number of para-hydroxylation sites is 1. The predicted molar refractivity (Wildman–Crippen MR) is 65.0 cm³/mol. The molecule has 0 aliphatic heterocycles. The van der Waals surface area contributed by atoms with E-state index < -0.39 is 5.82 Å². The van der Waals surface area contributed by atoms with E-state index in [1.54, 1.807) is 24.3 Å². The molecule has 0 amide bonds. The van der Waals surface area contributed by atoms with Gasteiger partial charge in [0.05, 0.1) is 0 Å². The molecule has 0 bridgehead atoms. The van der Waals surface area contributed by atoms with Gasteiger partial charge in [0.15, 0.2) is 11.6 Å². The zero-order chi connectivity index (χ0) is 13.0. The van der Waals surface area contributed by atoms with Gasteiger partial charge in [-0.25, -0.2) is 8.78 Å². The van der Waals surface area contributed by atoms with Crippen molar-refractivity contribution in [1.29, 1.82) is 0 Å². The minimum atomic E-state index is -0.465. The highest BCUT2D eigenvalue weighted by atomic mass is 19.1. The van der Waals surface area contributed by atoms with Gasteiger partial charge in [0.2, 0.25) is 0 Å². The first-order valence-electron chi connectivity index (χ1n) is 5.55. The lowest BCUT2D eigenvalue weighted by Crippen LogP contribution is -2.03. The summed E-state index contributed by atoms with van der Waals surface area (Å²) in [6, 6.07) is 10.6. The van der Waals surface area contributed by atoms with Gasteiger partial charge in [-0.3, -0.25) is 0 Å². The van der Waals surface area contributed by atoms with Crippen molar-refractivity contribution in [1.82, 2.24) is 0 Å². The molecule has 0 aliphatic carbocycles. The van der Waals surface area contributed by atoms with Gasteiger partial charge in [0.1, 0.15) is 12.4 Å². The molecule has 0 saturated heterocycles. The Balaban J connectivity index is 2.13. The molecule has 0 saturated carbocycles. The SMILES string of the molecule is NCc1ccc(F)c(COc2ccccc2F)c1. The minimum Gasteiger partial charge on any atom is -0.486 e. The fraction of sp³-hybridized carbons (Fsp3) is 0.143. The lowest BCUT2D eigenvalue weighted by atomic mass is 10.1. The van der Waals surface area contributed by atoms with Crippen LogP contribution >= 0.6 is 0 Å². The second kappa shape index (κ2) is 5.60. The van der Waals surface area contributed by atoms with Crippen molar-refractivity contribution in [3.63, 3.8) is 0 Å². The first-order valence-corrected chi connectivity index (χ1v) is 5.55. The topological polar surface area (TPSA) is 35.2 Å². The van der Waals surface area contributed by atoms with Gasteiger partial charge < -0.3 is 10.5 Å². The summed E-state index contributed by atoms with van der Waals surface area (Å²) in [5, 5.41) is 0. The van der Waals surface area contributed by atoms with Crippen LogP contribution in [0.1, 0.15) is 11.1 Å². The number of ether oxygens (including phenoxy) is 1. The number of benzene rings is 2. The molecule has 2 aromatic carbocycles. The van der Waals surface area contributed by atoms with Crippen LogP contribution in [0.3, 0.4) is 0 Å². The average molecular weight is 249 g/mol. The molecular weight excluding hydrogens is 236 g/mol. The van der Waals surface area contributed by atoms with E-state index in [1.807, 2.05) is 0 Å². The first-order chi connectivity index (χ1) is 8.70. The van der Waals surface area contributed by atoms with Crippen LogP contribution < -0.4 is 10.5 Å². The van der Waals surface area contributed by atoms with E-state index in [0.717, 1.165) is 5.56 Å². The Kier molecular flexibility index (Phi) is 3.89. The molecule has 2 nitrogen and oxygen atoms in total. The maximum atomic E-state index is 13.5. The van der Waals surface area contributed by atoms with E-state index in [-0.39, 0.29) is 18.2 Å². The summed E-state index contributed by atoms with van der Waals surface area (Å²) in [7, 11) is 0. The Labute approximate surface area is 104 Å². The third-order valence-corrected chi connectivity index (χ3v) is 2.57. The second-order valence-electron chi connectivity index (χ2n) is 3.85. The first kappa shape index (κ1) is 12.5. The average Bonchev–Trinajstić information content (AvgIpc) is 2.39. The number of rotatable bonds is 4. The number of nitrogens with two attached hydrogens (primary N) is 1. The van der Waals surface area contributed by atoms with Crippen molar-refractivity contribution in [2.45, 2.75) is 13.2 Å². The van der Waals surface area contributed by atoms with Gasteiger partial charge in [-0.05, 0) is 29.8 Å². The maximum Gasteiger partial charge on any atom is 0.165 e. The van der Waals surface area contributed by atoms with Crippen molar-refractivity contribution >= 4 is 0 Å². The fourth-order valence-electron chi connectivity index (χ4n) is 1.58. The summed E-state index contributed by atoms with van der Waals surface area (Å²) in [4.78, 5) is 0. The van der Waals surface area contributed by atoms with Gasteiger partial charge in [-0.1, -0.05) is 18.2 Å². The summed E-state index contributed by atoms with van der Waals surface area (Å²) >= 11 is 0. The predicted octanol–water partition coefficient (Wildman–Crippen LogP) is 3.00. The molecular formula is C14H13F2NO. The van der Waals surface area contributed by atoms with E-state index in [9.17, 15) is 8.78 Å². The van der Waals surface area contributed by atoms with E-state index in [1.165, 1.54) is 18.2 Å². The molecule has 0 fully saturated rings. The van der Waals surface area contributed by atoms with E-state index in [0.29, 0.717) is 12.1 Å². The summed E-state index contributed by atoms with van der Waals surface area (Å²) in [5.41, 5.74) is 6.65. The molecule has 2 aromatic rings. The molecule has 0 atom stereocenters. The van der Waals surface area contributed by atoms with E-state index in [4.69, 9.17) is 10.5 Å². The van der Waals surface area contributed by atoms with Crippen LogP contribution in [0.15, 0.2) is 42.5 Å². The Morgan fingerprint density at radius 3 is 2.50 bits per heavy atom. The molecule has 0 aliphatic rings. The summed E-state index contributed by atoms with van der Waals surface area (Å²) in [6.45, 7) is 0.299. The van der Waals surface area contributed by atoms with E-state index >= 15 is 0 Å². The van der Waals surface area contributed by atoms with Crippen LogP contribution in [0.2, 0.25) is 0 Å². The molecule has 4 heteroatoms. The molecule has 0 spiro atoms. The number of hydrogen-bond donors (Lipinski definition) is 1. The third kappa shape index (κ3) is 2.84. The highest BCUT2D eigenvalue weighted by Gasteiger charge is 2.06. The van der Waals surface area contributed by atoms with Gasteiger partial charge in [-0.2, -0.15) is 0 Å². The zero-order valence-corrected chi connectivity index (χ0v) is 9.70. The quantitative estimate of drug-likeness (QED) is 0.904.